The predicted octanol–water partition coefficient (Wildman–Crippen LogP) is 3.53. The van der Waals surface area contributed by atoms with E-state index in [1.807, 2.05) is 24.3 Å². The Morgan fingerprint density at radius 2 is 2.12 bits per heavy atom. The highest BCUT2D eigenvalue weighted by molar-refractivity contribution is 14.1. The number of rotatable bonds is 3. The molecule has 2 rings (SSSR count). The Balaban J connectivity index is 2.14. The molecule has 0 radical (unpaired) electrons. The van der Waals surface area contributed by atoms with Crippen LogP contribution in [-0.4, -0.2) is 10.1 Å². The van der Waals surface area contributed by atoms with Crippen LogP contribution < -0.4 is 4.74 Å². The summed E-state index contributed by atoms with van der Waals surface area (Å²) in [6.45, 7) is 1.71. The van der Waals surface area contributed by atoms with Crippen LogP contribution in [0.1, 0.15) is 18.6 Å². The van der Waals surface area contributed by atoms with Gasteiger partial charge in [-0.1, -0.05) is 6.07 Å². The minimum atomic E-state index is -0.505. The van der Waals surface area contributed by atoms with Crippen molar-refractivity contribution in [3.05, 3.63) is 51.7 Å². The second kappa shape index (κ2) is 5.46. The molecule has 0 aliphatic carbocycles. The molecule has 1 N–H and O–H groups in total. The predicted molar refractivity (Wildman–Crippen MR) is 74.1 cm³/mol. The van der Waals surface area contributed by atoms with E-state index in [0.29, 0.717) is 5.88 Å². The van der Waals surface area contributed by atoms with Crippen molar-refractivity contribution in [2.75, 3.05) is 0 Å². The maximum absolute atomic E-state index is 9.36. The fraction of sp³-hybridized carbons (Fsp3) is 0.154. The summed E-state index contributed by atoms with van der Waals surface area (Å²) in [6, 6.07) is 11.3. The molecule has 0 amide bonds. The van der Waals surface area contributed by atoms with Gasteiger partial charge < -0.3 is 9.84 Å². The van der Waals surface area contributed by atoms with Crippen LogP contribution in [0.25, 0.3) is 0 Å². The smallest absolute Gasteiger partial charge is 0.219 e. The monoisotopic (exact) mass is 341 g/mol. The van der Waals surface area contributed by atoms with Crippen molar-refractivity contribution in [2.24, 2.45) is 0 Å². The van der Waals surface area contributed by atoms with Crippen molar-refractivity contribution in [2.45, 2.75) is 13.0 Å². The number of aromatic nitrogens is 1. The molecule has 88 valence electrons. The van der Waals surface area contributed by atoms with Crippen LogP contribution in [0.5, 0.6) is 11.6 Å². The summed E-state index contributed by atoms with van der Waals surface area (Å²) in [4.78, 5) is 4.14. The number of aliphatic hydroxyl groups is 1. The van der Waals surface area contributed by atoms with Gasteiger partial charge in [-0.3, -0.25) is 0 Å². The molecular weight excluding hydrogens is 329 g/mol. The first kappa shape index (κ1) is 12.3. The maximum Gasteiger partial charge on any atom is 0.219 e. The summed E-state index contributed by atoms with van der Waals surface area (Å²) in [7, 11) is 0. The molecule has 0 fully saturated rings. The SMILES string of the molecule is C[C@@H](O)c1ccc(Oc2cccc(I)c2)nc1. The largest absolute Gasteiger partial charge is 0.439 e. The number of ether oxygens (including phenoxy) is 1. The highest BCUT2D eigenvalue weighted by Gasteiger charge is 2.03. The minimum Gasteiger partial charge on any atom is -0.439 e. The van der Waals surface area contributed by atoms with Gasteiger partial charge in [0.2, 0.25) is 5.88 Å². The number of halogens is 1. The number of pyridine rings is 1. The second-order valence-electron chi connectivity index (χ2n) is 3.67. The van der Waals surface area contributed by atoms with Crippen molar-refractivity contribution in [1.82, 2.24) is 4.98 Å². The zero-order valence-electron chi connectivity index (χ0n) is 9.30. The molecule has 1 heterocycles. The first-order valence-corrected chi connectivity index (χ1v) is 6.30. The Bertz CT molecular complexity index is 497. The fourth-order valence-corrected chi connectivity index (χ4v) is 1.86. The highest BCUT2D eigenvalue weighted by Crippen LogP contribution is 2.22. The molecule has 0 unspecified atom stereocenters. The van der Waals surface area contributed by atoms with Crippen LogP contribution in [0.4, 0.5) is 0 Å². The van der Waals surface area contributed by atoms with E-state index >= 15 is 0 Å². The first-order chi connectivity index (χ1) is 8.15. The molecule has 2 aromatic rings. The normalized spacial score (nSPS) is 12.2. The topological polar surface area (TPSA) is 42.4 Å². The maximum atomic E-state index is 9.36. The van der Waals surface area contributed by atoms with Gasteiger partial charge in [0, 0.05) is 15.8 Å². The third kappa shape index (κ3) is 3.41. The van der Waals surface area contributed by atoms with Gasteiger partial charge in [-0.25, -0.2) is 4.98 Å². The molecule has 0 saturated carbocycles. The number of hydrogen-bond donors (Lipinski definition) is 1. The minimum absolute atomic E-state index is 0.505. The lowest BCUT2D eigenvalue weighted by atomic mass is 10.2. The molecule has 0 aliphatic rings. The van der Waals surface area contributed by atoms with Gasteiger partial charge in [0.05, 0.1) is 6.10 Å². The van der Waals surface area contributed by atoms with E-state index in [9.17, 15) is 5.11 Å². The van der Waals surface area contributed by atoms with Gasteiger partial charge in [0.25, 0.3) is 0 Å². The molecule has 1 aromatic carbocycles. The molecule has 0 aliphatic heterocycles. The molecule has 17 heavy (non-hydrogen) atoms. The molecule has 0 saturated heterocycles. The summed E-state index contributed by atoms with van der Waals surface area (Å²) in [5, 5.41) is 9.36. The van der Waals surface area contributed by atoms with Crippen LogP contribution in [0.2, 0.25) is 0 Å². The second-order valence-corrected chi connectivity index (χ2v) is 4.91. The van der Waals surface area contributed by atoms with Crippen LogP contribution in [0.3, 0.4) is 0 Å². The Morgan fingerprint density at radius 3 is 2.71 bits per heavy atom. The van der Waals surface area contributed by atoms with Crippen molar-refractivity contribution in [3.63, 3.8) is 0 Å². The molecule has 3 nitrogen and oxygen atoms in total. The first-order valence-electron chi connectivity index (χ1n) is 5.22. The van der Waals surface area contributed by atoms with Crippen LogP contribution >= 0.6 is 22.6 Å². The molecule has 4 heteroatoms. The number of nitrogens with zero attached hydrogens (tertiary/aromatic N) is 1. The lowest BCUT2D eigenvalue weighted by Gasteiger charge is -2.07. The van der Waals surface area contributed by atoms with E-state index in [2.05, 4.69) is 27.6 Å². The fourth-order valence-electron chi connectivity index (χ4n) is 1.35. The third-order valence-electron chi connectivity index (χ3n) is 2.26. The van der Waals surface area contributed by atoms with Gasteiger partial charge in [0.15, 0.2) is 0 Å². The van der Waals surface area contributed by atoms with Gasteiger partial charge in [-0.2, -0.15) is 0 Å². The average Bonchev–Trinajstić information content (AvgIpc) is 2.29. The average molecular weight is 341 g/mol. The summed E-state index contributed by atoms with van der Waals surface area (Å²) in [5.41, 5.74) is 0.778. The summed E-state index contributed by atoms with van der Waals surface area (Å²) in [6.07, 6.45) is 1.11. The van der Waals surface area contributed by atoms with E-state index in [4.69, 9.17) is 4.74 Å². The van der Waals surface area contributed by atoms with Crippen molar-refractivity contribution in [3.8, 4) is 11.6 Å². The van der Waals surface area contributed by atoms with Crippen LogP contribution in [0, 0.1) is 3.57 Å². The molecule has 0 spiro atoms. The highest BCUT2D eigenvalue weighted by atomic mass is 127. The standard InChI is InChI=1S/C13H12INO2/c1-9(16)10-5-6-13(15-8-10)17-12-4-2-3-11(14)7-12/h2-9,16H,1H3/t9-/m1/s1. The lowest BCUT2D eigenvalue weighted by Crippen LogP contribution is -1.93. The summed E-state index contributed by atoms with van der Waals surface area (Å²) in [5.74, 6) is 1.28. The third-order valence-corrected chi connectivity index (χ3v) is 2.93. The number of hydrogen-bond acceptors (Lipinski definition) is 3. The molecule has 1 aromatic heterocycles. The molecule has 0 bridgehead atoms. The van der Waals surface area contributed by atoms with E-state index in [0.717, 1.165) is 14.9 Å². The Morgan fingerprint density at radius 1 is 1.29 bits per heavy atom. The Kier molecular flexibility index (Phi) is 3.96. The number of benzene rings is 1. The zero-order chi connectivity index (χ0) is 12.3. The van der Waals surface area contributed by atoms with Crippen molar-refractivity contribution >= 4 is 22.6 Å². The van der Waals surface area contributed by atoms with Gasteiger partial charge >= 0.3 is 0 Å². The van der Waals surface area contributed by atoms with Gasteiger partial charge in [-0.05, 0) is 59.3 Å². The van der Waals surface area contributed by atoms with Gasteiger partial charge in [0.1, 0.15) is 5.75 Å². The van der Waals surface area contributed by atoms with Crippen LogP contribution in [0.15, 0.2) is 42.6 Å². The van der Waals surface area contributed by atoms with E-state index in [1.165, 1.54) is 0 Å². The summed E-state index contributed by atoms with van der Waals surface area (Å²) >= 11 is 2.23. The van der Waals surface area contributed by atoms with E-state index in [1.54, 1.807) is 25.3 Å². The molecular formula is C13H12INO2. The molecule has 1 atom stereocenters. The van der Waals surface area contributed by atoms with Crippen LogP contribution in [-0.2, 0) is 0 Å². The lowest BCUT2D eigenvalue weighted by molar-refractivity contribution is 0.198. The van der Waals surface area contributed by atoms with Crippen molar-refractivity contribution < 1.29 is 9.84 Å². The Hall–Kier alpha value is -1.14. The number of aliphatic hydroxyl groups excluding tert-OH is 1. The summed E-state index contributed by atoms with van der Waals surface area (Å²) < 4.78 is 6.71. The van der Waals surface area contributed by atoms with Gasteiger partial charge in [-0.15, -0.1) is 0 Å². The quantitative estimate of drug-likeness (QED) is 0.869. The van der Waals surface area contributed by atoms with E-state index in [-0.39, 0.29) is 0 Å². The van der Waals surface area contributed by atoms with Crippen molar-refractivity contribution in [1.29, 1.82) is 0 Å². The van der Waals surface area contributed by atoms with E-state index < -0.39 is 6.10 Å². The Labute approximate surface area is 114 Å². The zero-order valence-corrected chi connectivity index (χ0v) is 11.5.